The fourth-order valence-corrected chi connectivity index (χ4v) is 6.18. The largest absolute Gasteiger partial charge is 0.456 e. The molecule has 8 aromatic rings. The maximum absolute atomic E-state index is 6.52. The molecule has 0 bridgehead atoms. The summed E-state index contributed by atoms with van der Waals surface area (Å²) in [6.45, 7) is 0. The van der Waals surface area contributed by atoms with E-state index in [1.54, 1.807) is 0 Å². The lowest BCUT2D eigenvalue weighted by atomic mass is 9.85. The highest BCUT2D eigenvalue weighted by Gasteiger charge is 2.18. The third-order valence-corrected chi connectivity index (χ3v) is 8.15. The minimum Gasteiger partial charge on any atom is -0.456 e. The second kappa shape index (κ2) is 10.6. The van der Waals surface area contributed by atoms with Gasteiger partial charge in [-0.2, -0.15) is 0 Å². The van der Waals surface area contributed by atoms with Crippen molar-refractivity contribution in [3.63, 3.8) is 0 Å². The van der Waals surface area contributed by atoms with E-state index in [0.717, 1.165) is 33.9 Å². The van der Waals surface area contributed by atoms with Crippen LogP contribution >= 0.6 is 0 Å². The average Bonchev–Trinajstić information content (AvgIpc) is 3.59. The average molecular weight is 550 g/mol. The molecule has 0 fully saturated rings. The van der Waals surface area contributed by atoms with Crippen LogP contribution in [0.5, 0.6) is 0 Å². The van der Waals surface area contributed by atoms with E-state index in [-0.39, 0.29) is 0 Å². The van der Waals surface area contributed by atoms with Crippen molar-refractivity contribution in [2.75, 3.05) is 0 Å². The predicted octanol–water partition coefficient (Wildman–Crippen LogP) is 11.3. The summed E-state index contributed by atoms with van der Waals surface area (Å²) in [5.74, 6) is 1.67. The number of hydrogen-bond acceptors (Lipinski definition) is 2. The summed E-state index contributed by atoms with van der Waals surface area (Å²) in [6, 6.07) is 55.4. The van der Waals surface area contributed by atoms with Crippen molar-refractivity contribution >= 4 is 21.5 Å². The molecule has 0 amide bonds. The van der Waals surface area contributed by atoms with E-state index >= 15 is 0 Å². The van der Waals surface area contributed by atoms with Crippen molar-refractivity contribution < 1.29 is 4.42 Å². The Bertz CT molecular complexity index is 2210. The molecule has 6 aromatic carbocycles. The van der Waals surface area contributed by atoms with Gasteiger partial charge in [-0.05, 0) is 80.2 Å². The predicted molar refractivity (Wildman–Crippen MR) is 179 cm³/mol. The molecule has 0 radical (unpaired) electrons. The number of aromatic nitrogens is 1. The van der Waals surface area contributed by atoms with Gasteiger partial charge in [0.25, 0.3) is 0 Å². The molecule has 2 aromatic heterocycles. The van der Waals surface area contributed by atoms with Crippen LogP contribution in [0.3, 0.4) is 0 Å². The fraction of sp³-hybridized carbons (Fsp3) is 0. The zero-order chi connectivity index (χ0) is 28.6. The highest BCUT2D eigenvalue weighted by molar-refractivity contribution is 6.21. The number of benzene rings is 6. The van der Waals surface area contributed by atoms with Crippen molar-refractivity contribution in [1.29, 1.82) is 0 Å². The zero-order valence-corrected chi connectivity index (χ0v) is 23.4. The van der Waals surface area contributed by atoms with Crippen molar-refractivity contribution in [3.8, 4) is 56.2 Å². The second-order valence-electron chi connectivity index (χ2n) is 10.7. The minimum absolute atomic E-state index is 0.833. The van der Waals surface area contributed by atoms with Crippen LogP contribution in [0.1, 0.15) is 0 Å². The Morgan fingerprint density at radius 2 is 0.884 bits per heavy atom. The Morgan fingerprint density at radius 1 is 0.349 bits per heavy atom. The number of pyridine rings is 1. The maximum Gasteiger partial charge on any atom is 0.134 e. The lowest BCUT2D eigenvalue weighted by Crippen LogP contribution is -1.91. The number of hydrogen-bond donors (Lipinski definition) is 0. The van der Waals surface area contributed by atoms with Crippen LogP contribution in [0, 0.1) is 0 Å². The van der Waals surface area contributed by atoms with Crippen molar-refractivity contribution in [3.05, 3.63) is 164 Å². The monoisotopic (exact) mass is 549 g/mol. The first-order chi connectivity index (χ1) is 21.3. The summed E-state index contributed by atoms with van der Waals surface area (Å²) >= 11 is 0. The molecule has 0 N–H and O–H groups in total. The van der Waals surface area contributed by atoms with Gasteiger partial charge in [0.15, 0.2) is 0 Å². The molecule has 0 spiro atoms. The molecule has 0 aliphatic rings. The number of fused-ring (bicyclic) bond motifs is 2. The van der Waals surface area contributed by atoms with Crippen molar-refractivity contribution in [1.82, 2.24) is 4.98 Å². The Kier molecular flexibility index (Phi) is 6.16. The van der Waals surface area contributed by atoms with Gasteiger partial charge in [0, 0.05) is 22.9 Å². The molecule has 2 nitrogen and oxygen atoms in total. The van der Waals surface area contributed by atoms with Gasteiger partial charge in [-0.15, -0.1) is 0 Å². The summed E-state index contributed by atoms with van der Waals surface area (Å²) in [5, 5.41) is 4.92. The molecule has 202 valence electrons. The van der Waals surface area contributed by atoms with E-state index in [9.17, 15) is 0 Å². The van der Waals surface area contributed by atoms with Crippen LogP contribution in [0.15, 0.2) is 168 Å². The molecule has 0 aliphatic carbocycles. The van der Waals surface area contributed by atoms with Gasteiger partial charge in [-0.1, -0.05) is 121 Å². The van der Waals surface area contributed by atoms with Gasteiger partial charge < -0.3 is 4.42 Å². The standard InChI is InChI=1S/C41H27NO/c1-3-12-28(13-4-1)40-33-18-7-8-19-34(33)41(29-14-5-2-6-15-29)36-27-32(21-22-35(36)40)39-24-23-38(43-39)31-17-11-16-30(26-31)37-20-9-10-25-42-37/h1-27H. The van der Waals surface area contributed by atoms with Crippen LogP contribution in [-0.4, -0.2) is 4.98 Å². The first-order valence-electron chi connectivity index (χ1n) is 14.5. The van der Waals surface area contributed by atoms with Crippen LogP contribution < -0.4 is 0 Å². The molecular formula is C41H27NO. The Morgan fingerprint density at radius 3 is 1.53 bits per heavy atom. The molecule has 0 unspecified atom stereocenters. The van der Waals surface area contributed by atoms with Crippen molar-refractivity contribution in [2.45, 2.75) is 0 Å². The van der Waals surface area contributed by atoms with Gasteiger partial charge in [0.2, 0.25) is 0 Å². The summed E-state index contributed by atoms with van der Waals surface area (Å²) < 4.78 is 6.52. The van der Waals surface area contributed by atoms with E-state index in [0.29, 0.717) is 0 Å². The number of rotatable bonds is 5. The highest BCUT2D eigenvalue weighted by atomic mass is 16.3. The van der Waals surface area contributed by atoms with Gasteiger partial charge in [-0.3, -0.25) is 4.98 Å². The molecule has 43 heavy (non-hydrogen) atoms. The smallest absolute Gasteiger partial charge is 0.134 e. The topological polar surface area (TPSA) is 26.0 Å². The molecule has 0 atom stereocenters. The van der Waals surface area contributed by atoms with Crippen molar-refractivity contribution in [2.24, 2.45) is 0 Å². The lowest BCUT2D eigenvalue weighted by molar-refractivity contribution is 0.597. The normalized spacial score (nSPS) is 11.3. The minimum atomic E-state index is 0.833. The quantitative estimate of drug-likeness (QED) is 0.200. The van der Waals surface area contributed by atoms with E-state index < -0.39 is 0 Å². The third-order valence-electron chi connectivity index (χ3n) is 8.15. The molecule has 2 heteroatoms. The third kappa shape index (κ3) is 4.50. The Hall–Kier alpha value is -5.73. The van der Waals surface area contributed by atoms with E-state index in [2.05, 4.69) is 145 Å². The SMILES string of the molecule is c1ccc(-c2c3ccccc3c(-c3ccccc3)c3cc(-c4ccc(-c5cccc(-c6ccccn6)c5)o4)ccc23)cc1. The second-order valence-corrected chi connectivity index (χ2v) is 10.7. The first-order valence-corrected chi connectivity index (χ1v) is 14.5. The zero-order valence-electron chi connectivity index (χ0n) is 23.4. The number of furan rings is 1. The van der Waals surface area contributed by atoms with Gasteiger partial charge in [0.05, 0.1) is 5.69 Å². The van der Waals surface area contributed by atoms with E-state index in [1.165, 1.54) is 43.8 Å². The Balaban J connectivity index is 1.32. The van der Waals surface area contributed by atoms with Crippen LogP contribution in [0.2, 0.25) is 0 Å². The summed E-state index contributed by atoms with van der Waals surface area (Å²) in [4.78, 5) is 4.52. The summed E-state index contributed by atoms with van der Waals surface area (Å²) in [5.41, 5.74) is 8.99. The van der Waals surface area contributed by atoms with Gasteiger partial charge in [0.1, 0.15) is 11.5 Å². The Labute approximate surface area is 250 Å². The highest BCUT2D eigenvalue weighted by Crippen LogP contribution is 2.45. The molecule has 8 rings (SSSR count). The summed E-state index contributed by atoms with van der Waals surface area (Å²) in [7, 11) is 0. The maximum atomic E-state index is 6.52. The van der Waals surface area contributed by atoms with Gasteiger partial charge >= 0.3 is 0 Å². The fourth-order valence-electron chi connectivity index (χ4n) is 6.18. The molecule has 2 heterocycles. The van der Waals surface area contributed by atoms with Crippen LogP contribution in [-0.2, 0) is 0 Å². The molecule has 0 saturated heterocycles. The molecule has 0 aliphatic heterocycles. The lowest BCUT2D eigenvalue weighted by Gasteiger charge is -2.18. The van der Waals surface area contributed by atoms with Crippen LogP contribution in [0.25, 0.3) is 77.7 Å². The molecular weight excluding hydrogens is 522 g/mol. The molecule has 0 saturated carbocycles. The number of nitrogens with zero attached hydrogens (tertiary/aromatic N) is 1. The van der Waals surface area contributed by atoms with Crippen LogP contribution in [0.4, 0.5) is 0 Å². The van der Waals surface area contributed by atoms with E-state index in [4.69, 9.17) is 4.42 Å². The van der Waals surface area contributed by atoms with E-state index in [1.807, 2.05) is 24.4 Å². The van der Waals surface area contributed by atoms with Gasteiger partial charge in [-0.25, -0.2) is 0 Å². The first kappa shape index (κ1) is 25.0. The summed E-state index contributed by atoms with van der Waals surface area (Å²) in [6.07, 6.45) is 1.82.